The molecule has 1 aliphatic heterocycles. The van der Waals surface area contributed by atoms with Crippen molar-refractivity contribution < 1.29 is 14.0 Å². The van der Waals surface area contributed by atoms with Gasteiger partial charge in [0.05, 0.1) is 12.2 Å². The monoisotopic (exact) mass is 195 g/mol. The van der Waals surface area contributed by atoms with Crippen LogP contribution in [-0.4, -0.2) is 24.1 Å². The first-order valence-corrected chi connectivity index (χ1v) is 4.77. The summed E-state index contributed by atoms with van der Waals surface area (Å²) in [6.45, 7) is 3.11. The summed E-state index contributed by atoms with van der Waals surface area (Å²) in [7, 11) is 0. The molecule has 2 heterocycles. The van der Waals surface area contributed by atoms with E-state index in [4.69, 9.17) is 9.25 Å². The van der Waals surface area contributed by atoms with E-state index in [9.17, 15) is 4.79 Å². The highest BCUT2D eigenvalue weighted by Gasteiger charge is 2.20. The van der Waals surface area contributed by atoms with Gasteiger partial charge in [0.2, 0.25) is 0 Å². The normalized spacial score (nSPS) is 17.1. The minimum Gasteiger partial charge on any atom is -0.469 e. The van der Waals surface area contributed by atoms with E-state index in [1.54, 1.807) is 6.07 Å². The van der Waals surface area contributed by atoms with E-state index >= 15 is 0 Å². The molecule has 0 N–H and O–H groups in total. The number of carbonyl (C=O) groups is 1. The summed E-state index contributed by atoms with van der Waals surface area (Å²) in [5.74, 6) is 0.631. The van der Waals surface area contributed by atoms with E-state index < -0.39 is 0 Å². The molecule has 0 spiro atoms. The molecule has 4 nitrogen and oxygen atoms in total. The summed E-state index contributed by atoms with van der Waals surface area (Å²) < 4.78 is 5.07. The second kappa shape index (κ2) is 3.84. The van der Waals surface area contributed by atoms with Crippen molar-refractivity contribution in [3.8, 4) is 0 Å². The average molecular weight is 195 g/mol. The zero-order valence-corrected chi connectivity index (χ0v) is 8.16. The average Bonchev–Trinajstić information content (AvgIpc) is 2.65. The van der Waals surface area contributed by atoms with Gasteiger partial charge in [0, 0.05) is 6.54 Å². The molecule has 0 radical (unpaired) electrons. The summed E-state index contributed by atoms with van der Waals surface area (Å²) in [5, 5.41) is 1.41. The summed E-state index contributed by atoms with van der Waals surface area (Å²) in [6, 6.07) is 1.72. The number of hydroxylamine groups is 2. The SMILES string of the molecule is Cc1cc(C(=O)N2CCCCO2)co1. The highest BCUT2D eigenvalue weighted by molar-refractivity contribution is 5.93. The molecule has 1 fully saturated rings. The molecule has 1 aromatic rings. The van der Waals surface area contributed by atoms with Crippen molar-refractivity contribution in [2.45, 2.75) is 19.8 Å². The summed E-state index contributed by atoms with van der Waals surface area (Å²) in [6.07, 6.45) is 3.49. The number of amides is 1. The quantitative estimate of drug-likeness (QED) is 0.685. The Hall–Kier alpha value is -1.29. The van der Waals surface area contributed by atoms with Gasteiger partial charge >= 0.3 is 0 Å². The lowest BCUT2D eigenvalue weighted by molar-refractivity contribution is -0.144. The lowest BCUT2D eigenvalue weighted by Gasteiger charge is -2.25. The molecule has 1 aromatic heterocycles. The molecule has 0 bridgehead atoms. The molecule has 0 atom stereocenters. The number of nitrogens with zero attached hydrogens (tertiary/aromatic N) is 1. The minimum absolute atomic E-state index is 0.110. The van der Waals surface area contributed by atoms with Crippen LogP contribution in [0.5, 0.6) is 0 Å². The largest absolute Gasteiger partial charge is 0.469 e. The number of aryl methyl sites for hydroxylation is 1. The minimum atomic E-state index is -0.110. The fraction of sp³-hybridized carbons (Fsp3) is 0.500. The molecule has 1 amide bonds. The lowest BCUT2D eigenvalue weighted by Crippen LogP contribution is -2.35. The van der Waals surface area contributed by atoms with E-state index in [1.165, 1.54) is 11.3 Å². The van der Waals surface area contributed by atoms with E-state index in [1.807, 2.05) is 6.92 Å². The van der Waals surface area contributed by atoms with Gasteiger partial charge in [-0.25, -0.2) is 5.06 Å². The third-order valence-corrected chi connectivity index (χ3v) is 2.21. The summed E-state index contributed by atoms with van der Waals surface area (Å²) in [4.78, 5) is 17.0. The Balaban J connectivity index is 2.07. The summed E-state index contributed by atoms with van der Waals surface area (Å²) >= 11 is 0. The maximum atomic E-state index is 11.8. The molecule has 2 rings (SSSR count). The van der Waals surface area contributed by atoms with Crippen molar-refractivity contribution in [2.24, 2.45) is 0 Å². The van der Waals surface area contributed by atoms with E-state index in [0.29, 0.717) is 18.7 Å². The zero-order chi connectivity index (χ0) is 9.97. The highest BCUT2D eigenvalue weighted by Crippen LogP contribution is 2.13. The summed E-state index contributed by atoms with van der Waals surface area (Å²) in [5.41, 5.74) is 0.560. The molecule has 0 unspecified atom stereocenters. The molecule has 1 saturated heterocycles. The predicted octanol–water partition coefficient (Wildman–Crippen LogP) is 1.76. The van der Waals surface area contributed by atoms with Crippen LogP contribution in [0.25, 0.3) is 0 Å². The number of carbonyl (C=O) groups excluding carboxylic acids is 1. The molecule has 0 saturated carbocycles. The van der Waals surface area contributed by atoms with E-state index in [-0.39, 0.29) is 5.91 Å². The first kappa shape index (κ1) is 9.27. The number of hydrogen-bond donors (Lipinski definition) is 0. The van der Waals surface area contributed by atoms with Crippen molar-refractivity contribution >= 4 is 5.91 Å². The third kappa shape index (κ3) is 1.80. The molecule has 14 heavy (non-hydrogen) atoms. The fourth-order valence-electron chi connectivity index (χ4n) is 1.46. The van der Waals surface area contributed by atoms with E-state index in [2.05, 4.69) is 0 Å². The van der Waals surface area contributed by atoms with Crippen LogP contribution in [0, 0.1) is 6.92 Å². The van der Waals surface area contributed by atoms with Crippen LogP contribution in [0.4, 0.5) is 0 Å². The molecule has 0 aliphatic carbocycles. The number of rotatable bonds is 1. The third-order valence-electron chi connectivity index (χ3n) is 2.21. The predicted molar refractivity (Wildman–Crippen MR) is 49.7 cm³/mol. The first-order chi connectivity index (χ1) is 6.77. The van der Waals surface area contributed by atoms with Crippen molar-refractivity contribution in [1.29, 1.82) is 0 Å². The topological polar surface area (TPSA) is 42.7 Å². The van der Waals surface area contributed by atoms with Gasteiger partial charge < -0.3 is 4.42 Å². The van der Waals surface area contributed by atoms with Crippen LogP contribution < -0.4 is 0 Å². The smallest absolute Gasteiger partial charge is 0.280 e. The molecule has 76 valence electrons. The number of furan rings is 1. The van der Waals surface area contributed by atoms with Crippen LogP contribution in [-0.2, 0) is 4.84 Å². The van der Waals surface area contributed by atoms with Gasteiger partial charge in [-0.2, -0.15) is 0 Å². The molecule has 1 aliphatic rings. The van der Waals surface area contributed by atoms with Gasteiger partial charge in [0.25, 0.3) is 5.91 Å². The van der Waals surface area contributed by atoms with Crippen LogP contribution >= 0.6 is 0 Å². The highest BCUT2D eigenvalue weighted by atomic mass is 16.7. The van der Waals surface area contributed by atoms with Crippen molar-refractivity contribution in [3.63, 3.8) is 0 Å². The van der Waals surface area contributed by atoms with Gasteiger partial charge in [0.15, 0.2) is 0 Å². The van der Waals surface area contributed by atoms with Crippen molar-refractivity contribution in [2.75, 3.05) is 13.2 Å². The molecular weight excluding hydrogens is 182 g/mol. The Morgan fingerprint density at radius 1 is 1.50 bits per heavy atom. The second-order valence-corrected chi connectivity index (χ2v) is 3.39. The van der Waals surface area contributed by atoms with E-state index in [0.717, 1.165) is 18.6 Å². The first-order valence-electron chi connectivity index (χ1n) is 4.77. The fourth-order valence-corrected chi connectivity index (χ4v) is 1.46. The second-order valence-electron chi connectivity index (χ2n) is 3.39. The Morgan fingerprint density at radius 2 is 2.36 bits per heavy atom. The van der Waals surface area contributed by atoms with Crippen LogP contribution in [0.1, 0.15) is 29.0 Å². The molecule has 0 aromatic carbocycles. The van der Waals surface area contributed by atoms with Gasteiger partial charge in [-0.1, -0.05) is 0 Å². The van der Waals surface area contributed by atoms with Crippen LogP contribution in [0.3, 0.4) is 0 Å². The number of hydrogen-bond acceptors (Lipinski definition) is 3. The Bertz CT molecular complexity index is 326. The Labute approximate surface area is 82.4 Å². The van der Waals surface area contributed by atoms with Gasteiger partial charge in [0.1, 0.15) is 12.0 Å². The van der Waals surface area contributed by atoms with Crippen molar-refractivity contribution in [1.82, 2.24) is 5.06 Å². The Kier molecular flexibility index (Phi) is 2.54. The maximum absolute atomic E-state index is 11.8. The standard InChI is InChI=1S/C10H13NO3/c1-8-6-9(7-13-8)10(12)11-4-2-3-5-14-11/h6-7H,2-5H2,1H3. The molecular formula is C10H13NO3. The van der Waals surface area contributed by atoms with Gasteiger partial charge in [-0.05, 0) is 25.8 Å². The van der Waals surface area contributed by atoms with Gasteiger partial charge in [-0.15, -0.1) is 0 Å². The van der Waals surface area contributed by atoms with Crippen LogP contribution in [0.15, 0.2) is 16.7 Å². The van der Waals surface area contributed by atoms with Crippen molar-refractivity contribution in [3.05, 3.63) is 23.7 Å². The maximum Gasteiger partial charge on any atom is 0.280 e. The van der Waals surface area contributed by atoms with Gasteiger partial charge in [-0.3, -0.25) is 9.63 Å². The Morgan fingerprint density at radius 3 is 2.93 bits per heavy atom. The zero-order valence-electron chi connectivity index (χ0n) is 8.16. The van der Waals surface area contributed by atoms with Crippen LogP contribution in [0.2, 0.25) is 0 Å². The lowest BCUT2D eigenvalue weighted by atomic mass is 10.2. The molecule has 4 heteroatoms.